The number of rotatable bonds is 1. The van der Waals surface area contributed by atoms with E-state index in [9.17, 15) is 5.11 Å². The largest absolute Gasteiger partial charge is 0.383 e. The Bertz CT molecular complexity index is 315. The summed E-state index contributed by atoms with van der Waals surface area (Å²) < 4.78 is 0. The fourth-order valence-electron chi connectivity index (χ4n) is 2.29. The van der Waals surface area contributed by atoms with Crippen LogP contribution in [0.5, 0.6) is 0 Å². The molecule has 2 rings (SSSR count). The Labute approximate surface area is 90.6 Å². The molecule has 0 aromatic carbocycles. The van der Waals surface area contributed by atoms with Gasteiger partial charge in [0, 0.05) is 12.4 Å². The van der Waals surface area contributed by atoms with Crippen molar-refractivity contribution in [1.29, 1.82) is 0 Å². The van der Waals surface area contributed by atoms with Crippen LogP contribution in [0, 0.1) is 5.92 Å². The van der Waals surface area contributed by atoms with Crippen LogP contribution >= 0.6 is 0 Å². The molecular formula is C12H18N2O. The van der Waals surface area contributed by atoms with Gasteiger partial charge in [-0.25, -0.2) is 0 Å². The third kappa shape index (κ3) is 2.34. The van der Waals surface area contributed by atoms with Crippen LogP contribution in [0.15, 0.2) is 18.6 Å². The Kier molecular flexibility index (Phi) is 3.00. The smallest absolute Gasteiger partial charge is 0.108 e. The van der Waals surface area contributed by atoms with Gasteiger partial charge in [0.2, 0.25) is 0 Å². The van der Waals surface area contributed by atoms with Crippen LogP contribution in [0.3, 0.4) is 0 Å². The molecule has 2 unspecified atom stereocenters. The van der Waals surface area contributed by atoms with Gasteiger partial charge in [0.15, 0.2) is 0 Å². The average Bonchev–Trinajstić information content (AvgIpc) is 2.44. The summed E-state index contributed by atoms with van der Waals surface area (Å²) in [6.07, 6.45) is 9.98. The van der Waals surface area contributed by atoms with Crippen molar-refractivity contribution >= 4 is 0 Å². The van der Waals surface area contributed by atoms with Crippen molar-refractivity contribution in [3.63, 3.8) is 0 Å². The summed E-state index contributed by atoms with van der Waals surface area (Å²) in [6.45, 7) is 2.25. The Morgan fingerprint density at radius 1 is 1.33 bits per heavy atom. The van der Waals surface area contributed by atoms with E-state index >= 15 is 0 Å². The number of hydrogen-bond donors (Lipinski definition) is 1. The predicted molar refractivity (Wildman–Crippen MR) is 58.2 cm³/mol. The lowest BCUT2D eigenvalue weighted by atomic mass is 9.91. The Balaban J connectivity index is 2.19. The molecule has 1 aliphatic carbocycles. The van der Waals surface area contributed by atoms with Gasteiger partial charge in [-0.15, -0.1) is 0 Å². The highest BCUT2D eigenvalue weighted by Crippen LogP contribution is 2.36. The van der Waals surface area contributed by atoms with Crippen LogP contribution in [-0.4, -0.2) is 15.1 Å². The average molecular weight is 206 g/mol. The van der Waals surface area contributed by atoms with E-state index in [-0.39, 0.29) is 0 Å². The Hall–Kier alpha value is -0.960. The molecule has 3 heteroatoms. The van der Waals surface area contributed by atoms with E-state index in [4.69, 9.17) is 0 Å². The van der Waals surface area contributed by atoms with E-state index in [1.165, 1.54) is 6.42 Å². The highest BCUT2D eigenvalue weighted by Gasteiger charge is 2.32. The van der Waals surface area contributed by atoms with Crippen LogP contribution in [0.25, 0.3) is 0 Å². The third-order valence-electron chi connectivity index (χ3n) is 3.38. The molecule has 1 aliphatic rings. The van der Waals surface area contributed by atoms with Gasteiger partial charge < -0.3 is 5.11 Å². The first-order valence-electron chi connectivity index (χ1n) is 5.69. The van der Waals surface area contributed by atoms with Crippen molar-refractivity contribution in [1.82, 2.24) is 9.97 Å². The van der Waals surface area contributed by atoms with Crippen LogP contribution in [-0.2, 0) is 5.60 Å². The number of hydrogen-bond acceptors (Lipinski definition) is 3. The summed E-state index contributed by atoms with van der Waals surface area (Å²) in [5.41, 5.74) is -0.00181. The number of aliphatic hydroxyl groups is 1. The first-order valence-corrected chi connectivity index (χ1v) is 5.69. The van der Waals surface area contributed by atoms with E-state index < -0.39 is 5.60 Å². The second-order valence-electron chi connectivity index (χ2n) is 4.66. The van der Waals surface area contributed by atoms with E-state index in [2.05, 4.69) is 16.9 Å². The first kappa shape index (κ1) is 10.6. The van der Waals surface area contributed by atoms with E-state index in [0.29, 0.717) is 0 Å². The topological polar surface area (TPSA) is 46.0 Å². The van der Waals surface area contributed by atoms with Gasteiger partial charge in [-0.2, -0.15) is 0 Å². The maximum absolute atomic E-state index is 10.5. The molecule has 1 fully saturated rings. The molecular weight excluding hydrogens is 188 g/mol. The molecule has 1 saturated carbocycles. The van der Waals surface area contributed by atoms with Crippen molar-refractivity contribution in [2.75, 3.05) is 0 Å². The molecule has 0 bridgehead atoms. The van der Waals surface area contributed by atoms with Gasteiger partial charge in [-0.3, -0.25) is 9.97 Å². The molecule has 15 heavy (non-hydrogen) atoms. The van der Waals surface area contributed by atoms with E-state index in [0.717, 1.165) is 37.3 Å². The number of aromatic nitrogens is 2. The zero-order valence-electron chi connectivity index (χ0n) is 9.19. The lowest BCUT2D eigenvalue weighted by Crippen LogP contribution is -2.26. The van der Waals surface area contributed by atoms with Crippen LogP contribution < -0.4 is 0 Å². The zero-order valence-corrected chi connectivity index (χ0v) is 9.19. The summed E-state index contributed by atoms with van der Waals surface area (Å²) in [4.78, 5) is 8.26. The lowest BCUT2D eigenvalue weighted by molar-refractivity contribution is 0.0152. The van der Waals surface area contributed by atoms with Crippen molar-refractivity contribution < 1.29 is 5.11 Å². The predicted octanol–water partition coefficient (Wildman–Crippen LogP) is 2.26. The Morgan fingerprint density at radius 2 is 2.20 bits per heavy atom. The Morgan fingerprint density at radius 3 is 2.93 bits per heavy atom. The lowest BCUT2D eigenvalue weighted by Gasteiger charge is -2.25. The molecule has 1 heterocycles. The minimum atomic E-state index is -0.737. The number of nitrogens with zero attached hydrogens (tertiary/aromatic N) is 2. The summed E-state index contributed by atoms with van der Waals surface area (Å²) >= 11 is 0. The zero-order chi connectivity index (χ0) is 10.7. The van der Waals surface area contributed by atoms with E-state index in [1.807, 2.05) is 0 Å². The van der Waals surface area contributed by atoms with Gasteiger partial charge >= 0.3 is 0 Å². The van der Waals surface area contributed by atoms with Crippen LogP contribution in [0.2, 0.25) is 0 Å². The molecule has 82 valence electrons. The second kappa shape index (κ2) is 4.27. The van der Waals surface area contributed by atoms with Gasteiger partial charge in [0.05, 0.1) is 11.9 Å². The monoisotopic (exact) mass is 206 g/mol. The molecule has 0 saturated heterocycles. The summed E-state index contributed by atoms with van der Waals surface area (Å²) in [5, 5.41) is 10.5. The van der Waals surface area contributed by atoms with Crippen molar-refractivity contribution in [2.45, 2.75) is 44.6 Å². The molecule has 3 nitrogen and oxygen atoms in total. The van der Waals surface area contributed by atoms with Gasteiger partial charge in [-0.05, 0) is 31.6 Å². The molecule has 0 aliphatic heterocycles. The molecule has 0 amide bonds. The van der Waals surface area contributed by atoms with Crippen molar-refractivity contribution in [3.8, 4) is 0 Å². The molecule has 2 atom stereocenters. The molecule has 1 aromatic rings. The van der Waals surface area contributed by atoms with Crippen LogP contribution in [0.4, 0.5) is 0 Å². The van der Waals surface area contributed by atoms with Crippen molar-refractivity contribution in [2.24, 2.45) is 5.92 Å². The van der Waals surface area contributed by atoms with Crippen molar-refractivity contribution in [3.05, 3.63) is 24.3 Å². The summed E-state index contributed by atoms with van der Waals surface area (Å²) in [6, 6.07) is 0. The molecule has 1 aromatic heterocycles. The molecule has 0 spiro atoms. The maximum atomic E-state index is 10.5. The highest BCUT2D eigenvalue weighted by atomic mass is 16.3. The quantitative estimate of drug-likeness (QED) is 0.717. The molecule has 0 radical (unpaired) electrons. The maximum Gasteiger partial charge on any atom is 0.108 e. The highest BCUT2D eigenvalue weighted by molar-refractivity contribution is 5.08. The van der Waals surface area contributed by atoms with Gasteiger partial charge in [0.25, 0.3) is 0 Å². The van der Waals surface area contributed by atoms with Gasteiger partial charge in [-0.1, -0.05) is 13.3 Å². The fourth-order valence-corrected chi connectivity index (χ4v) is 2.29. The van der Waals surface area contributed by atoms with Crippen LogP contribution in [0.1, 0.15) is 44.7 Å². The standard InChI is InChI=1S/C12H18N2O/c1-10-3-2-5-12(15,6-4-10)11-9-13-7-8-14-11/h7-10,15H,2-6H2,1H3. The SMILES string of the molecule is CC1CCCC(O)(c2cnccn2)CC1. The second-order valence-corrected chi connectivity index (χ2v) is 4.66. The summed E-state index contributed by atoms with van der Waals surface area (Å²) in [5.74, 6) is 0.718. The normalized spacial score (nSPS) is 32.3. The van der Waals surface area contributed by atoms with E-state index in [1.54, 1.807) is 18.6 Å². The first-order chi connectivity index (χ1) is 7.21. The summed E-state index contributed by atoms with van der Waals surface area (Å²) in [7, 11) is 0. The third-order valence-corrected chi connectivity index (χ3v) is 3.38. The molecule has 1 N–H and O–H groups in total. The van der Waals surface area contributed by atoms with Gasteiger partial charge in [0.1, 0.15) is 5.60 Å². The minimum absolute atomic E-state index is 0.718. The minimum Gasteiger partial charge on any atom is -0.383 e. The fraction of sp³-hybridized carbons (Fsp3) is 0.667.